The lowest BCUT2D eigenvalue weighted by Crippen LogP contribution is -2.50. The number of ether oxygens (including phenoxy) is 2. The summed E-state index contributed by atoms with van der Waals surface area (Å²) in [5.41, 5.74) is 8.80. The maximum Gasteiger partial charge on any atom is 0.410 e. The molecule has 0 bridgehead atoms. The number of aromatic nitrogens is 4. The van der Waals surface area contributed by atoms with E-state index in [9.17, 15) is 9.90 Å². The average Bonchev–Trinajstić information content (AvgIpc) is 3.27. The van der Waals surface area contributed by atoms with E-state index in [2.05, 4.69) is 31.8 Å². The van der Waals surface area contributed by atoms with Gasteiger partial charge in [-0.2, -0.15) is 9.97 Å². The number of amides is 1. The van der Waals surface area contributed by atoms with Crippen molar-refractivity contribution in [2.45, 2.75) is 59.2 Å². The van der Waals surface area contributed by atoms with Gasteiger partial charge >= 0.3 is 12.1 Å². The van der Waals surface area contributed by atoms with E-state index in [0.717, 1.165) is 24.2 Å². The number of nitrogens with one attached hydrogen (secondary N) is 1. The van der Waals surface area contributed by atoms with Crippen LogP contribution in [0, 0.1) is 6.92 Å². The number of rotatable bonds is 7. The summed E-state index contributed by atoms with van der Waals surface area (Å²) in [4.78, 5) is 32.7. The number of H-pyrrole nitrogens is 1. The zero-order valence-electron chi connectivity index (χ0n) is 22.2. The van der Waals surface area contributed by atoms with Crippen LogP contribution in [0.2, 0.25) is 0 Å². The maximum atomic E-state index is 12.4. The van der Waals surface area contributed by atoms with E-state index >= 15 is 0 Å². The number of aryl methyl sites for hydroxylation is 1. The van der Waals surface area contributed by atoms with Gasteiger partial charge in [-0.1, -0.05) is 13.3 Å². The Hall–Kier alpha value is -3.60. The summed E-state index contributed by atoms with van der Waals surface area (Å²) in [6.07, 6.45) is 3.99. The molecule has 11 heteroatoms. The Labute approximate surface area is 217 Å². The SMILES string of the molecule is CCCCOc1nc(N)c2[nH]cc(C(O)c3cnc(N4CCN(C(=O)OC(C)(C)C)CC4)c(C)c3)c2n1. The Morgan fingerprint density at radius 1 is 1.24 bits per heavy atom. The van der Waals surface area contributed by atoms with Gasteiger partial charge in [0.25, 0.3) is 0 Å². The number of nitrogens with two attached hydrogens (primary N) is 1. The van der Waals surface area contributed by atoms with Gasteiger partial charge in [0.2, 0.25) is 0 Å². The minimum atomic E-state index is -0.962. The fraction of sp³-hybridized carbons (Fsp3) is 0.538. The molecule has 37 heavy (non-hydrogen) atoms. The first kappa shape index (κ1) is 26.5. The molecule has 1 saturated heterocycles. The predicted octanol–water partition coefficient (Wildman–Crippen LogP) is 3.56. The minimum Gasteiger partial charge on any atom is -0.463 e. The predicted molar refractivity (Wildman–Crippen MR) is 142 cm³/mol. The first-order chi connectivity index (χ1) is 17.6. The van der Waals surface area contributed by atoms with E-state index < -0.39 is 11.7 Å². The number of aliphatic hydroxyl groups is 1. The van der Waals surface area contributed by atoms with E-state index in [1.165, 1.54) is 0 Å². The summed E-state index contributed by atoms with van der Waals surface area (Å²) < 4.78 is 11.1. The Kier molecular flexibility index (Phi) is 7.72. The summed E-state index contributed by atoms with van der Waals surface area (Å²) in [7, 11) is 0. The van der Waals surface area contributed by atoms with Gasteiger partial charge < -0.3 is 35.1 Å². The van der Waals surface area contributed by atoms with E-state index in [4.69, 9.17) is 15.2 Å². The molecule has 0 aromatic carbocycles. The topological polar surface area (TPSA) is 143 Å². The molecule has 0 aliphatic carbocycles. The zero-order valence-corrected chi connectivity index (χ0v) is 22.2. The van der Waals surface area contributed by atoms with Crippen molar-refractivity contribution in [2.75, 3.05) is 43.4 Å². The first-order valence-corrected chi connectivity index (χ1v) is 12.7. The molecular weight excluding hydrogens is 474 g/mol. The van der Waals surface area contributed by atoms with Crippen LogP contribution in [-0.2, 0) is 4.74 Å². The quantitative estimate of drug-likeness (QED) is 0.406. The number of nitrogens with zero attached hydrogens (tertiary/aromatic N) is 5. The van der Waals surface area contributed by atoms with Crippen molar-refractivity contribution in [3.63, 3.8) is 0 Å². The molecule has 4 heterocycles. The molecule has 3 aromatic heterocycles. The van der Waals surface area contributed by atoms with Crippen molar-refractivity contribution in [2.24, 2.45) is 0 Å². The number of piperazine rings is 1. The molecule has 0 saturated carbocycles. The first-order valence-electron chi connectivity index (χ1n) is 12.7. The Morgan fingerprint density at radius 3 is 2.62 bits per heavy atom. The number of unbranched alkanes of at least 4 members (excludes halogenated alkanes) is 1. The summed E-state index contributed by atoms with van der Waals surface area (Å²) in [5, 5.41) is 11.2. The number of fused-ring (bicyclic) bond motifs is 1. The Morgan fingerprint density at radius 2 is 1.97 bits per heavy atom. The monoisotopic (exact) mass is 511 g/mol. The van der Waals surface area contributed by atoms with E-state index in [0.29, 0.717) is 54.9 Å². The smallest absolute Gasteiger partial charge is 0.410 e. The second kappa shape index (κ2) is 10.8. The molecule has 1 unspecified atom stereocenters. The van der Waals surface area contributed by atoms with Gasteiger partial charge in [-0.3, -0.25) is 0 Å². The van der Waals surface area contributed by atoms with Crippen LogP contribution in [0.25, 0.3) is 11.0 Å². The van der Waals surface area contributed by atoms with Crippen LogP contribution in [0.15, 0.2) is 18.5 Å². The standard InChI is InChI=1S/C26H37N7O4/c1-6-7-12-36-24-30-19-18(15-28-20(19)22(27)31-24)21(34)17-13-16(2)23(29-14-17)32-8-10-33(11-9-32)25(35)37-26(3,4)5/h13-15,21,28,34H,6-12H2,1-5H3,(H2,27,30,31). The highest BCUT2D eigenvalue weighted by Crippen LogP contribution is 2.32. The summed E-state index contributed by atoms with van der Waals surface area (Å²) in [6.45, 7) is 12.5. The van der Waals surface area contributed by atoms with Crippen molar-refractivity contribution in [3.05, 3.63) is 35.2 Å². The normalized spacial score (nSPS) is 15.2. The lowest BCUT2D eigenvalue weighted by atomic mass is 10.0. The molecular formula is C26H37N7O4. The van der Waals surface area contributed by atoms with E-state index in [1.807, 2.05) is 33.8 Å². The molecule has 0 spiro atoms. The van der Waals surface area contributed by atoms with Gasteiger partial charge in [0.15, 0.2) is 5.82 Å². The van der Waals surface area contributed by atoms with Crippen molar-refractivity contribution >= 4 is 28.8 Å². The second-order valence-electron chi connectivity index (χ2n) is 10.3. The molecule has 1 atom stereocenters. The van der Waals surface area contributed by atoms with E-state index in [1.54, 1.807) is 17.3 Å². The third-order valence-electron chi connectivity index (χ3n) is 6.20. The van der Waals surface area contributed by atoms with Crippen LogP contribution in [0.3, 0.4) is 0 Å². The fourth-order valence-corrected chi connectivity index (χ4v) is 4.28. The van der Waals surface area contributed by atoms with E-state index in [-0.39, 0.29) is 17.9 Å². The maximum absolute atomic E-state index is 12.4. The number of aromatic amines is 1. The minimum absolute atomic E-state index is 0.196. The van der Waals surface area contributed by atoms with Crippen LogP contribution < -0.4 is 15.4 Å². The lowest BCUT2D eigenvalue weighted by molar-refractivity contribution is 0.0240. The van der Waals surface area contributed by atoms with Gasteiger partial charge in [0, 0.05) is 49.7 Å². The highest BCUT2D eigenvalue weighted by Gasteiger charge is 2.27. The Balaban J connectivity index is 1.48. The number of anilines is 2. The van der Waals surface area contributed by atoms with Gasteiger partial charge in [0.1, 0.15) is 28.6 Å². The highest BCUT2D eigenvalue weighted by atomic mass is 16.6. The molecule has 11 nitrogen and oxygen atoms in total. The van der Waals surface area contributed by atoms with Crippen LogP contribution in [0.5, 0.6) is 6.01 Å². The number of nitrogen functional groups attached to an aromatic ring is 1. The molecule has 4 N–H and O–H groups in total. The van der Waals surface area contributed by atoms with Crippen LogP contribution in [0.4, 0.5) is 16.4 Å². The summed E-state index contributed by atoms with van der Waals surface area (Å²) in [5.74, 6) is 1.10. The van der Waals surface area contributed by atoms with Gasteiger partial charge in [-0.25, -0.2) is 9.78 Å². The third-order valence-corrected chi connectivity index (χ3v) is 6.20. The number of hydrogen-bond acceptors (Lipinski definition) is 9. The molecule has 3 aromatic rings. The molecule has 200 valence electrons. The number of carbonyl (C=O) groups excluding carboxylic acids is 1. The average molecular weight is 512 g/mol. The van der Waals surface area contributed by atoms with Gasteiger partial charge in [0.05, 0.1) is 6.61 Å². The molecule has 1 aliphatic rings. The number of pyridine rings is 1. The number of carbonyl (C=O) groups is 1. The van der Waals surface area contributed by atoms with Crippen molar-refractivity contribution < 1.29 is 19.4 Å². The summed E-state index contributed by atoms with van der Waals surface area (Å²) >= 11 is 0. The number of hydrogen-bond donors (Lipinski definition) is 3. The molecule has 1 fully saturated rings. The lowest BCUT2D eigenvalue weighted by Gasteiger charge is -2.36. The second-order valence-corrected chi connectivity index (χ2v) is 10.3. The largest absolute Gasteiger partial charge is 0.463 e. The summed E-state index contributed by atoms with van der Waals surface area (Å²) in [6, 6.07) is 2.12. The van der Waals surface area contributed by atoms with Gasteiger partial charge in [-0.15, -0.1) is 0 Å². The van der Waals surface area contributed by atoms with Crippen molar-refractivity contribution in [3.8, 4) is 6.01 Å². The zero-order chi connectivity index (χ0) is 26.7. The van der Waals surface area contributed by atoms with Gasteiger partial charge in [-0.05, 0) is 45.7 Å². The van der Waals surface area contributed by atoms with Crippen LogP contribution in [0.1, 0.15) is 63.3 Å². The van der Waals surface area contributed by atoms with Crippen molar-refractivity contribution in [1.29, 1.82) is 0 Å². The van der Waals surface area contributed by atoms with Crippen molar-refractivity contribution in [1.82, 2.24) is 24.8 Å². The molecule has 4 rings (SSSR count). The molecule has 1 amide bonds. The van der Waals surface area contributed by atoms with Crippen LogP contribution >= 0.6 is 0 Å². The molecule has 0 radical (unpaired) electrons. The Bertz CT molecular complexity index is 1250. The highest BCUT2D eigenvalue weighted by molar-refractivity contribution is 5.88. The molecule has 1 aliphatic heterocycles. The third kappa shape index (κ3) is 6.04. The fourth-order valence-electron chi connectivity index (χ4n) is 4.28. The van der Waals surface area contributed by atoms with Crippen LogP contribution in [-0.4, -0.2) is 74.4 Å². The number of aliphatic hydroxyl groups excluding tert-OH is 1.